The van der Waals surface area contributed by atoms with Gasteiger partial charge in [0, 0.05) is 25.9 Å². The molecule has 108 valence electrons. The molecular formula is C15H17N5S. The summed E-state index contributed by atoms with van der Waals surface area (Å²) in [5.41, 5.74) is 3.24. The number of nitrogens with one attached hydrogen (secondary N) is 3. The molecule has 0 atom stereocenters. The molecule has 0 unspecified atom stereocenters. The minimum Gasteiger partial charge on any atom is -0.383 e. The third kappa shape index (κ3) is 2.47. The topological polar surface area (TPSA) is 65.6 Å². The predicted molar refractivity (Wildman–Crippen MR) is 88.0 cm³/mol. The smallest absolute Gasteiger partial charge is 0.128 e. The summed E-state index contributed by atoms with van der Waals surface area (Å²) in [5.74, 6) is 1.74. The summed E-state index contributed by atoms with van der Waals surface area (Å²) in [5, 5.41) is 13.8. The van der Waals surface area contributed by atoms with Crippen LogP contribution in [0.25, 0.3) is 20.8 Å². The van der Waals surface area contributed by atoms with E-state index in [1.54, 1.807) is 17.5 Å². The van der Waals surface area contributed by atoms with E-state index in [0.717, 1.165) is 34.4 Å². The lowest BCUT2D eigenvalue weighted by Gasteiger charge is -2.08. The van der Waals surface area contributed by atoms with Crippen LogP contribution in [-0.4, -0.2) is 28.8 Å². The third-order valence-electron chi connectivity index (χ3n) is 3.78. The molecule has 0 amide bonds. The maximum atomic E-state index is 4.65. The number of pyridine rings is 1. The minimum absolute atomic E-state index is 0.846. The van der Waals surface area contributed by atoms with Crippen molar-refractivity contribution in [3.05, 3.63) is 24.4 Å². The van der Waals surface area contributed by atoms with Gasteiger partial charge in [-0.1, -0.05) is 0 Å². The number of H-pyrrole nitrogens is 1. The lowest BCUT2D eigenvalue weighted by Crippen LogP contribution is -2.04. The molecule has 1 aliphatic carbocycles. The molecule has 21 heavy (non-hydrogen) atoms. The van der Waals surface area contributed by atoms with Gasteiger partial charge in [-0.2, -0.15) is 5.10 Å². The molecule has 1 saturated carbocycles. The second-order valence-corrected chi connectivity index (χ2v) is 6.48. The van der Waals surface area contributed by atoms with Crippen LogP contribution < -0.4 is 10.6 Å². The molecule has 0 radical (unpaired) electrons. The molecule has 1 aliphatic rings. The quantitative estimate of drug-likeness (QED) is 0.674. The van der Waals surface area contributed by atoms with Crippen molar-refractivity contribution in [2.75, 3.05) is 24.2 Å². The zero-order valence-electron chi connectivity index (χ0n) is 11.8. The fraction of sp³-hybridized carbons (Fsp3) is 0.333. The third-order valence-corrected chi connectivity index (χ3v) is 4.97. The number of anilines is 2. The average Bonchev–Trinajstić information content (AvgIpc) is 3.01. The summed E-state index contributed by atoms with van der Waals surface area (Å²) in [6.45, 7) is 1.06. The Balaban J connectivity index is 1.77. The van der Waals surface area contributed by atoms with Gasteiger partial charge in [0.25, 0.3) is 0 Å². The van der Waals surface area contributed by atoms with E-state index in [0.29, 0.717) is 0 Å². The van der Waals surface area contributed by atoms with E-state index in [-0.39, 0.29) is 0 Å². The molecule has 0 saturated heterocycles. The number of rotatable bonds is 5. The lowest BCUT2D eigenvalue weighted by atomic mass is 10.3. The van der Waals surface area contributed by atoms with Crippen molar-refractivity contribution < 1.29 is 0 Å². The first-order valence-electron chi connectivity index (χ1n) is 7.19. The SMILES string of the molecule is CNc1cc(NCC2CC2)c2sc(-c3ccn[nH]3)cc2n1. The zero-order chi connectivity index (χ0) is 14.2. The van der Waals surface area contributed by atoms with Gasteiger partial charge >= 0.3 is 0 Å². The van der Waals surface area contributed by atoms with E-state index in [1.807, 2.05) is 13.1 Å². The Morgan fingerprint density at radius 2 is 2.29 bits per heavy atom. The first kappa shape index (κ1) is 12.6. The molecule has 5 nitrogen and oxygen atoms in total. The van der Waals surface area contributed by atoms with Crippen LogP contribution >= 0.6 is 11.3 Å². The molecule has 0 aromatic carbocycles. The first-order valence-corrected chi connectivity index (χ1v) is 8.01. The lowest BCUT2D eigenvalue weighted by molar-refractivity contribution is 0.890. The Morgan fingerprint density at radius 1 is 1.38 bits per heavy atom. The van der Waals surface area contributed by atoms with E-state index in [2.05, 4.69) is 37.9 Å². The first-order chi connectivity index (χ1) is 10.3. The fourth-order valence-corrected chi connectivity index (χ4v) is 3.45. The highest BCUT2D eigenvalue weighted by atomic mass is 32.1. The highest BCUT2D eigenvalue weighted by molar-refractivity contribution is 7.22. The molecule has 3 heterocycles. The van der Waals surface area contributed by atoms with Crippen LogP contribution in [0.1, 0.15) is 12.8 Å². The molecule has 4 rings (SSSR count). The van der Waals surface area contributed by atoms with Crippen LogP contribution in [0.3, 0.4) is 0 Å². The van der Waals surface area contributed by atoms with Gasteiger partial charge in [0.1, 0.15) is 5.82 Å². The maximum Gasteiger partial charge on any atom is 0.128 e. The van der Waals surface area contributed by atoms with E-state index in [9.17, 15) is 0 Å². The van der Waals surface area contributed by atoms with Gasteiger partial charge in [-0.25, -0.2) is 4.98 Å². The van der Waals surface area contributed by atoms with E-state index >= 15 is 0 Å². The largest absolute Gasteiger partial charge is 0.383 e. The molecule has 6 heteroatoms. The van der Waals surface area contributed by atoms with Crippen LogP contribution in [0.5, 0.6) is 0 Å². The number of hydrogen-bond donors (Lipinski definition) is 3. The summed E-state index contributed by atoms with van der Waals surface area (Å²) in [6.07, 6.45) is 4.48. The second-order valence-electron chi connectivity index (χ2n) is 5.42. The number of nitrogens with zero attached hydrogens (tertiary/aromatic N) is 2. The maximum absolute atomic E-state index is 4.65. The highest BCUT2D eigenvalue weighted by Gasteiger charge is 2.21. The molecule has 0 bridgehead atoms. The Hall–Kier alpha value is -2.08. The van der Waals surface area contributed by atoms with Gasteiger partial charge in [-0.15, -0.1) is 11.3 Å². The molecule has 3 aromatic heterocycles. The normalized spacial score (nSPS) is 14.5. The second kappa shape index (κ2) is 5.04. The molecule has 0 spiro atoms. The van der Waals surface area contributed by atoms with Gasteiger partial charge in [0.15, 0.2) is 0 Å². The van der Waals surface area contributed by atoms with Crippen molar-refractivity contribution in [2.24, 2.45) is 5.92 Å². The Kier molecular flexibility index (Phi) is 3.03. The average molecular weight is 299 g/mol. The molecule has 1 fully saturated rings. The molecule has 3 aromatic rings. The van der Waals surface area contributed by atoms with E-state index < -0.39 is 0 Å². The summed E-state index contributed by atoms with van der Waals surface area (Å²) in [7, 11) is 1.90. The summed E-state index contributed by atoms with van der Waals surface area (Å²) in [4.78, 5) is 5.82. The monoisotopic (exact) mass is 299 g/mol. The number of aromatic nitrogens is 3. The van der Waals surface area contributed by atoms with Gasteiger partial charge in [0.05, 0.1) is 26.5 Å². The Labute approximate surface area is 126 Å². The Bertz CT molecular complexity index is 758. The van der Waals surface area contributed by atoms with Crippen LogP contribution in [0.15, 0.2) is 24.4 Å². The van der Waals surface area contributed by atoms with Gasteiger partial charge in [0.2, 0.25) is 0 Å². The van der Waals surface area contributed by atoms with Crippen molar-refractivity contribution in [1.29, 1.82) is 0 Å². The summed E-state index contributed by atoms with van der Waals surface area (Å²) in [6, 6.07) is 6.20. The Morgan fingerprint density at radius 3 is 3.00 bits per heavy atom. The standard InChI is InChI=1S/C15H17N5S/c1-16-14-7-11(17-8-9-2-3-9)15-12(19-14)6-13(21-15)10-4-5-18-20-10/h4-7,9H,2-3,8H2,1H3,(H,18,20)(H2,16,17,19). The minimum atomic E-state index is 0.846. The molecule has 0 aliphatic heterocycles. The van der Waals surface area contributed by atoms with Crippen LogP contribution in [-0.2, 0) is 0 Å². The molecular weight excluding hydrogens is 282 g/mol. The summed E-state index contributed by atoms with van der Waals surface area (Å²) < 4.78 is 1.21. The summed E-state index contributed by atoms with van der Waals surface area (Å²) >= 11 is 1.75. The predicted octanol–water partition coefficient (Wildman–Crippen LogP) is 3.55. The number of hydrogen-bond acceptors (Lipinski definition) is 5. The number of aromatic amines is 1. The van der Waals surface area contributed by atoms with Crippen LogP contribution in [0.2, 0.25) is 0 Å². The number of fused-ring (bicyclic) bond motifs is 1. The van der Waals surface area contributed by atoms with E-state index in [4.69, 9.17) is 0 Å². The van der Waals surface area contributed by atoms with Crippen LogP contribution in [0.4, 0.5) is 11.5 Å². The van der Waals surface area contributed by atoms with Crippen molar-refractivity contribution in [3.63, 3.8) is 0 Å². The highest BCUT2D eigenvalue weighted by Crippen LogP contribution is 2.38. The van der Waals surface area contributed by atoms with E-state index in [1.165, 1.54) is 23.2 Å². The van der Waals surface area contributed by atoms with Gasteiger partial charge in [-0.3, -0.25) is 5.10 Å². The van der Waals surface area contributed by atoms with Crippen LogP contribution in [0, 0.1) is 5.92 Å². The van der Waals surface area contributed by atoms with Crippen molar-refractivity contribution >= 4 is 33.1 Å². The zero-order valence-corrected chi connectivity index (χ0v) is 12.6. The van der Waals surface area contributed by atoms with Gasteiger partial charge in [-0.05, 0) is 30.9 Å². The van der Waals surface area contributed by atoms with Crippen molar-refractivity contribution in [1.82, 2.24) is 15.2 Å². The fourth-order valence-electron chi connectivity index (χ4n) is 2.38. The number of thiophene rings is 1. The van der Waals surface area contributed by atoms with Crippen molar-refractivity contribution in [3.8, 4) is 10.6 Å². The molecule has 3 N–H and O–H groups in total. The van der Waals surface area contributed by atoms with Gasteiger partial charge < -0.3 is 10.6 Å². The van der Waals surface area contributed by atoms with Crippen molar-refractivity contribution in [2.45, 2.75) is 12.8 Å².